The van der Waals surface area contributed by atoms with Crippen molar-refractivity contribution in [3.05, 3.63) is 28.7 Å². The third-order valence-electron chi connectivity index (χ3n) is 2.17. The van der Waals surface area contributed by atoms with Gasteiger partial charge in [-0.05, 0) is 26.0 Å². The molecule has 0 aliphatic heterocycles. The largest absolute Gasteiger partial charge is 0.328 e. The second kappa shape index (κ2) is 4.16. The molecule has 0 amide bonds. The number of nitrogens with one attached hydrogen (secondary N) is 1. The van der Waals surface area contributed by atoms with Gasteiger partial charge >= 0.3 is 0 Å². The highest BCUT2D eigenvalue weighted by Crippen LogP contribution is 2.11. The Hall–Kier alpha value is -1.14. The third-order valence-corrected chi connectivity index (χ3v) is 4.22. The Balaban J connectivity index is 3.30. The SMILES string of the molecule is CC(C)N(C)S(=O)(=O)c1ccc[nH]c1=O. The van der Waals surface area contributed by atoms with E-state index < -0.39 is 15.6 Å². The monoisotopic (exact) mass is 230 g/mol. The second-order valence-corrected chi connectivity index (χ2v) is 5.44. The molecule has 0 aromatic carbocycles. The first-order chi connectivity index (χ1) is 6.87. The van der Waals surface area contributed by atoms with Crippen molar-refractivity contribution in [2.75, 3.05) is 7.05 Å². The summed E-state index contributed by atoms with van der Waals surface area (Å²) in [7, 11) is -2.23. The van der Waals surface area contributed by atoms with Gasteiger partial charge < -0.3 is 4.98 Å². The van der Waals surface area contributed by atoms with Crippen molar-refractivity contribution in [2.45, 2.75) is 24.8 Å². The Labute approximate surface area is 88.8 Å². The summed E-state index contributed by atoms with van der Waals surface area (Å²) in [5.41, 5.74) is -0.593. The van der Waals surface area contributed by atoms with Gasteiger partial charge in [-0.25, -0.2) is 8.42 Å². The van der Waals surface area contributed by atoms with Gasteiger partial charge in [0.2, 0.25) is 10.0 Å². The number of hydrogen-bond acceptors (Lipinski definition) is 3. The molecule has 0 saturated heterocycles. The number of aromatic amines is 1. The molecule has 0 spiro atoms. The van der Waals surface area contributed by atoms with Gasteiger partial charge in [0.05, 0.1) is 0 Å². The molecule has 0 aliphatic carbocycles. The molecule has 15 heavy (non-hydrogen) atoms. The normalized spacial score (nSPS) is 12.3. The molecule has 1 heterocycles. The average Bonchev–Trinajstić information content (AvgIpc) is 2.16. The van der Waals surface area contributed by atoms with Crippen molar-refractivity contribution in [1.29, 1.82) is 0 Å². The first-order valence-corrected chi connectivity index (χ1v) is 5.97. The molecule has 1 N–H and O–H groups in total. The molecule has 0 aliphatic rings. The molecule has 0 bridgehead atoms. The molecule has 5 nitrogen and oxygen atoms in total. The van der Waals surface area contributed by atoms with Crippen LogP contribution in [0, 0.1) is 0 Å². The predicted molar refractivity (Wildman–Crippen MR) is 57.1 cm³/mol. The highest BCUT2D eigenvalue weighted by Gasteiger charge is 2.25. The smallest absolute Gasteiger partial charge is 0.268 e. The van der Waals surface area contributed by atoms with E-state index in [0.29, 0.717) is 0 Å². The number of H-pyrrole nitrogens is 1. The Morgan fingerprint density at radius 2 is 2.00 bits per heavy atom. The minimum absolute atomic E-state index is 0.186. The van der Waals surface area contributed by atoms with Gasteiger partial charge in [-0.2, -0.15) is 4.31 Å². The van der Waals surface area contributed by atoms with Crippen molar-refractivity contribution in [3.8, 4) is 0 Å². The van der Waals surface area contributed by atoms with Gasteiger partial charge in [-0.3, -0.25) is 4.79 Å². The first-order valence-electron chi connectivity index (χ1n) is 4.53. The van der Waals surface area contributed by atoms with Gasteiger partial charge in [0.25, 0.3) is 5.56 Å². The van der Waals surface area contributed by atoms with Crippen LogP contribution in [0.15, 0.2) is 28.0 Å². The summed E-state index contributed by atoms with van der Waals surface area (Å²) in [6.07, 6.45) is 1.40. The van der Waals surface area contributed by atoms with Gasteiger partial charge in [0.15, 0.2) is 0 Å². The van der Waals surface area contributed by atoms with Gasteiger partial charge in [0, 0.05) is 19.3 Å². The van der Waals surface area contributed by atoms with E-state index in [1.807, 2.05) is 0 Å². The van der Waals surface area contributed by atoms with Crippen molar-refractivity contribution in [1.82, 2.24) is 9.29 Å². The van der Waals surface area contributed by atoms with E-state index in [9.17, 15) is 13.2 Å². The lowest BCUT2D eigenvalue weighted by Crippen LogP contribution is -2.35. The summed E-state index contributed by atoms with van der Waals surface area (Å²) in [6, 6.07) is 2.60. The Morgan fingerprint density at radius 3 is 2.47 bits per heavy atom. The molecule has 0 unspecified atom stereocenters. The molecule has 6 heteroatoms. The summed E-state index contributed by atoms with van der Waals surface area (Å²) < 4.78 is 25.0. The summed E-state index contributed by atoms with van der Waals surface area (Å²) in [5, 5.41) is 0. The van der Waals surface area contributed by atoms with Crippen LogP contribution < -0.4 is 5.56 Å². The van der Waals surface area contributed by atoms with Crippen LogP contribution in [0.2, 0.25) is 0 Å². The summed E-state index contributed by atoms with van der Waals surface area (Å²) in [5.74, 6) is 0. The van der Waals surface area contributed by atoms with E-state index in [4.69, 9.17) is 0 Å². The highest BCUT2D eigenvalue weighted by atomic mass is 32.2. The lowest BCUT2D eigenvalue weighted by molar-refractivity contribution is 0.410. The van der Waals surface area contributed by atoms with Gasteiger partial charge in [0.1, 0.15) is 4.90 Å². The lowest BCUT2D eigenvalue weighted by Gasteiger charge is -2.20. The maximum atomic E-state index is 11.9. The Morgan fingerprint density at radius 1 is 1.40 bits per heavy atom. The lowest BCUT2D eigenvalue weighted by atomic mass is 10.4. The third kappa shape index (κ3) is 2.27. The van der Waals surface area contributed by atoms with Crippen LogP contribution >= 0.6 is 0 Å². The molecule has 1 aromatic rings. The summed E-state index contributed by atoms with van der Waals surface area (Å²) >= 11 is 0. The van der Waals surface area contributed by atoms with E-state index in [2.05, 4.69) is 4.98 Å². The number of nitrogens with zero attached hydrogens (tertiary/aromatic N) is 1. The van der Waals surface area contributed by atoms with E-state index >= 15 is 0 Å². The van der Waals surface area contributed by atoms with Crippen LogP contribution in [-0.2, 0) is 10.0 Å². The van der Waals surface area contributed by atoms with Crippen LogP contribution in [0.1, 0.15) is 13.8 Å². The molecule has 84 valence electrons. The number of hydrogen-bond donors (Lipinski definition) is 1. The zero-order valence-electron chi connectivity index (χ0n) is 8.89. The van der Waals surface area contributed by atoms with Crippen molar-refractivity contribution >= 4 is 10.0 Å². The van der Waals surface area contributed by atoms with Gasteiger partial charge in [-0.1, -0.05) is 0 Å². The van der Waals surface area contributed by atoms with Gasteiger partial charge in [-0.15, -0.1) is 0 Å². The number of rotatable bonds is 3. The number of aromatic nitrogens is 1. The minimum Gasteiger partial charge on any atom is -0.328 e. The molecule has 0 saturated carbocycles. The van der Waals surface area contributed by atoms with E-state index in [0.717, 1.165) is 4.31 Å². The average molecular weight is 230 g/mol. The molecular formula is C9H14N2O3S. The van der Waals surface area contributed by atoms with Crippen LogP contribution in [0.4, 0.5) is 0 Å². The minimum atomic E-state index is -3.68. The Kier molecular flexibility index (Phi) is 3.31. The quantitative estimate of drug-likeness (QED) is 0.817. The molecular weight excluding hydrogens is 216 g/mol. The molecule has 1 aromatic heterocycles. The summed E-state index contributed by atoms with van der Waals surface area (Å²) in [6.45, 7) is 3.49. The van der Waals surface area contributed by atoms with Crippen LogP contribution in [-0.4, -0.2) is 30.8 Å². The van der Waals surface area contributed by atoms with E-state index in [1.54, 1.807) is 13.8 Å². The number of sulfonamides is 1. The zero-order valence-corrected chi connectivity index (χ0v) is 9.71. The molecule has 0 fully saturated rings. The summed E-state index contributed by atoms with van der Waals surface area (Å²) in [4.78, 5) is 13.4. The molecule has 0 radical (unpaired) electrons. The molecule has 0 atom stereocenters. The maximum absolute atomic E-state index is 11.9. The number of pyridine rings is 1. The van der Waals surface area contributed by atoms with Crippen LogP contribution in [0.5, 0.6) is 0 Å². The van der Waals surface area contributed by atoms with Crippen LogP contribution in [0.25, 0.3) is 0 Å². The van der Waals surface area contributed by atoms with Crippen molar-refractivity contribution in [2.24, 2.45) is 0 Å². The molecule has 1 rings (SSSR count). The van der Waals surface area contributed by atoms with E-state index in [-0.39, 0.29) is 10.9 Å². The standard InChI is InChI=1S/C9H14N2O3S/c1-7(2)11(3)15(13,14)8-5-4-6-10-9(8)12/h4-7H,1-3H3,(H,10,12). The van der Waals surface area contributed by atoms with Crippen molar-refractivity contribution < 1.29 is 8.42 Å². The second-order valence-electron chi connectivity index (χ2n) is 3.48. The predicted octanol–water partition coefficient (Wildman–Crippen LogP) is 0.404. The van der Waals surface area contributed by atoms with E-state index in [1.165, 1.54) is 25.4 Å². The maximum Gasteiger partial charge on any atom is 0.268 e. The zero-order chi connectivity index (χ0) is 11.6. The first kappa shape index (κ1) is 11.9. The Bertz CT molecular complexity index is 490. The fourth-order valence-corrected chi connectivity index (χ4v) is 2.45. The topological polar surface area (TPSA) is 70.2 Å². The van der Waals surface area contributed by atoms with Crippen molar-refractivity contribution in [3.63, 3.8) is 0 Å². The van der Waals surface area contributed by atoms with Crippen LogP contribution in [0.3, 0.4) is 0 Å². The fourth-order valence-electron chi connectivity index (χ4n) is 1.04. The highest BCUT2D eigenvalue weighted by molar-refractivity contribution is 7.89. The fraction of sp³-hybridized carbons (Fsp3) is 0.444.